The molecule has 2 atom stereocenters. The number of ether oxygens (including phenoxy) is 3. The minimum atomic E-state index is -0.829. The van der Waals surface area contributed by atoms with Crippen LogP contribution in [0.4, 0.5) is 4.79 Å². The molecule has 34 heavy (non-hydrogen) atoms. The van der Waals surface area contributed by atoms with Crippen LogP contribution in [0.25, 0.3) is 0 Å². The highest BCUT2D eigenvalue weighted by Crippen LogP contribution is 2.34. The Kier molecular flexibility index (Phi) is 8.54. The van der Waals surface area contributed by atoms with Crippen molar-refractivity contribution in [2.24, 2.45) is 5.41 Å². The summed E-state index contributed by atoms with van der Waals surface area (Å²) in [5, 5.41) is 5.67. The van der Waals surface area contributed by atoms with Crippen LogP contribution in [0.5, 0.6) is 0 Å². The van der Waals surface area contributed by atoms with Gasteiger partial charge in [-0.15, -0.1) is 0 Å². The van der Waals surface area contributed by atoms with Gasteiger partial charge in [-0.2, -0.15) is 0 Å². The van der Waals surface area contributed by atoms with E-state index in [1.54, 1.807) is 18.7 Å². The fourth-order valence-corrected chi connectivity index (χ4v) is 4.12. The van der Waals surface area contributed by atoms with E-state index in [9.17, 15) is 14.4 Å². The molecule has 2 heterocycles. The molecule has 188 valence electrons. The van der Waals surface area contributed by atoms with E-state index >= 15 is 0 Å². The van der Waals surface area contributed by atoms with Crippen molar-refractivity contribution in [1.82, 2.24) is 15.5 Å². The van der Waals surface area contributed by atoms with E-state index in [1.807, 2.05) is 44.2 Å². The molecular formula is C25H37N3O6. The number of hydrogen-bond donors (Lipinski definition) is 2. The zero-order chi connectivity index (χ0) is 24.8. The third kappa shape index (κ3) is 7.17. The van der Waals surface area contributed by atoms with Crippen molar-refractivity contribution in [1.29, 1.82) is 0 Å². The molecule has 3 amide bonds. The van der Waals surface area contributed by atoms with E-state index < -0.39 is 17.3 Å². The summed E-state index contributed by atoms with van der Waals surface area (Å²) in [7, 11) is 0. The number of nitrogens with zero attached hydrogens (tertiary/aromatic N) is 1. The zero-order valence-corrected chi connectivity index (χ0v) is 20.6. The van der Waals surface area contributed by atoms with E-state index in [0.717, 1.165) is 18.4 Å². The molecule has 1 aromatic carbocycles. The molecule has 2 saturated heterocycles. The van der Waals surface area contributed by atoms with Crippen molar-refractivity contribution in [3.63, 3.8) is 0 Å². The number of hydrogen-bond acceptors (Lipinski definition) is 6. The zero-order valence-electron chi connectivity index (χ0n) is 20.6. The van der Waals surface area contributed by atoms with E-state index in [4.69, 9.17) is 14.2 Å². The topological polar surface area (TPSA) is 106 Å². The Hall–Kier alpha value is -2.65. The van der Waals surface area contributed by atoms with Crippen LogP contribution in [-0.2, 0) is 30.4 Å². The standard InChI is InChI=1S/C25H37N3O6/c1-24(2)17-33-25(3,4)34-21(24)22(30)26-13-12-20(29)27-15-19-11-8-14-28(19)23(31)32-16-18-9-6-5-7-10-18/h5-7,9-10,19,21H,8,11-17H2,1-4H3,(H,26,30)(H,27,29)/t19-,21?/m0/s1. The molecule has 0 radical (unpaired) electrons. The average molecular weight is 476 g/mol. The molecule has 0 aliphatic carbocycles. The Labute approximate surface area is 201 Å². The van der Waals surface area contributed by atoms with Gasteiger partial charge in [-0.25, -0.2) is 4.79 Å². The van der Waals surface area contributed by atoms with E-state index in [0.29, 0.717) is 19.7 Å². The van der Waals surface area contributed by atoms with Gasteiger partial charge in [-0.05, 0) is 32.3 Å². The molecule has 0 saturated carbocycles. The van der Waals surface area contributed by atoms with Gasteiger partial charge in [-0.1, -0.05) is 44.2 Å². The van der Waals surface area contributed by atoms with Gasteiger partial charge < -0.3 is 29.7 Å². The molecule has 9 nitrogen and oxygen atoms in total. The van der Waals surface area contributed by atoms with Gasteiger partial charge in [0.2, 0.25) is 11.8 Å². The summed E-state index contributed by atoms with van der Waals surface area (Å²) in [6, 6.07) is 9.43. The maximum absolute atomic E-state index is 12.7. The molecule has 1 unspecified atom stereocenters. The van der Waals surface area contributed by atoms with Gasteiger partial charge >= 0.3 is 6.09 Å². The van der Waals surface area contributed by atoms with Crippen LogP contribution in [0.15, 0.2) is 30.3 Å². The first-order valence-electron chi connectivity index (χ1n) is 11.9. The van der Waals surface area contributed by atoms with Crippen molar-refractivity contribution in [2.75, 3.05) is 26.2 Å². The Morgan fingerprint density at radius 1 is 1.12 bits per heavy atom. The minimum absolute atomic E-state index is 0.0968. The SMILES string of the molecule is CC1(C)OCC(C)(C)C(C(=O)NCCC(=O)NC[C@@H]2CCCN2C(=O)OCc2ccccc2)O1. The minimum Gasteiger partial charge on any atom is -0.445 e. The largest absolute Gasteiger partial charge is 0.445 e. The van der Waals surface area contributed by atoms with E-state index in [1.165, 1.54) is 0 Å². The van der Waals surface area contributed by atoms with Crippen LogP contribution in [0, 0.1) is 5.41 Å². The second-order valence-corrected chi connectivity index (χ2v) is 10.0. The summed E-state index contributed by atoms with van der Waals surface area (Å²) in [5.41, 5.74) is 0.461. The number of carbonyl (C=O) groups excluding carboxylic acids is 3. The van der Waals surface area contributed by atoms with Crippen LogP contribution >= 0.6 is 0 Å². The predicted octanol–water partition coefficient (Wildman–Crippen LogP) is 2.59. The van der Waals surface area contributed by atoms with Gasteiger partial charge in [0.05, 0.1) is 12.6 Å². The molecule has 0 bridgehead atoms. The lowest BCUT2D eigenvalue weighted by Crippen LogP contribution is -2.56. The fraction of sp³-hybridized carbons (Fsp3) is 0.640. The van der Waals surface area contributed by atoms with Crippen LogP contribution in [-0.4, -0.2) is 67.0 Å². The van der Waals surface area contributed by atoms with Gasteiger partial charge in [0.25, 0.3) is 0 Å². The van der Waals surface area contributed by atoms with Crippen LogP contribution in [0.3, 0.4) is 0 Å². The van der Waals surface area contributed by atoms with Gasteiger partial charge in [0, 0.05) is 31.5 Å². The number of nitrogens with one attached hydrogen (secondary N) is 2. The molecular weight excluding hydrogens is 438 g/mol. The lowest BCUT2D eigenvalue weighted by Gasteiger charge is -2.44. The fourth-order valence-electron chi connectivity index (χ4n) is 4.12. The highest BCUT2D eigenvalue weighted by atomic mass is 16.7. The smallest absolute Gasteiger partial charge is 0.410 e. The maximum Gasteiger partial charge on any atom is 0.410 e. The average Bonchev–Trinajstić information content (AvgIpc) is 3.27. The summed E-state index contributed by atoms with van der Waals surface area (Å²) in [6.07, 6.45) is 0.796. The van der Waals surface area contributed by atoms with Crippen molar-refractivity contribution < 1.29 is 28.6 Å². The normalized spacial score (nSPS) is 23.2. The number of amides is 3. The quantitative estimate of drug-likeness (QED) is 0.599. The first-order chi connectivity index (χ1) is 16.1. The number of likely N-dealkylation sites (tertiary alicyclic amines) is 1. The number of rotatable bonds is 8. The van der Waals surface area contributed by atoms with E-state index in [2.05, 4.69) is 10.6 Å². The summed E-state index contributed by atoms with van der Waals surface area (Å²) in [6.45, 7) is 9.19. The second kappa shape index (κ2) is 11.2. The lowest BCUT2D eigenvalue weighted by molar-refractivity contribution is -0.304. The van der Waals surface area contributed by atoms with Crippen molar-refractivity contribution in [2.45, 2.75) is 71.5 Å². The van der Waals surface area contributed by atoms with Gasteiger partial charge in [-0.3, -0.25) is 9.59 Å². The summed E-state index contributed by atoms with van der Waals surface area (Å²) in [5.74, 6) is -1.26. The van der Waals surface area contributed by atoms with Crippen LogP contribution in [0.1, 0.15) is 52.5 Å². The molecule has 0 aromatic heterocycles. The third-order valence-corrected chi connectivity index (χ3v) is 6.14. The Morgan fingerprint density at radius 2 is 1.85 bits per heavy atom. The van der Waals surface area contributed by atoms with Gasteiger partial charge in [0.1, 0.15) is 12.7 Å². The van der Waals surface area contributed by atoms with Crippen molar-refractivity contribution in [3.05, 3.63) is 35.9 Å². The maximum atomic E-state index is 12.7. The van der Waals surface area contributed by atoms with Crippen LogP contribution in [0.2, 0.25) is 0 Å². The second-order valence-electron chi connectivity index (χ2n) is 10.0. The summed E-state index contributed by atoms with van der Waals surface area (Å²) < 4.78 is 16.9. The number of benzene rings is 1. The molecule has 0 spiro atoms. The molecule has 3 rings (SSSR count). The molecule has 2 aliphatic heterocycles. The monoisotopic (exact) mass is 475 g/mol. The first-order valence-corrected chi connectivity index (χ1v) is 11.9. The van der Waals surface area contributed by atoms with Crippen LogP contribution < -0.4 is 10.6 Å². The van der Waals surface area contributed by atoms with Crippen molar-refractivity contribution >= 4 is 17.9 Å². The molecule has 9 heteroatoms. The predicted molar refractivity (Wildman–Crippen MR) is 126 cm³/mol. The highest BCUT2D eigenvalue weighted by Gasteiger charge is 2.45. The summed E-state index contributed by atoms with van der Waals surface area (Å²) >= 11 is 0. The Morgan fingerprint density at radius 3 is 2.59 bits per heavy atom. The Balaban J connectivity index is 1.37. The van der Waals surface area contributed by atoms with E-state index in [-0.39, 0.29) is 43.5 Å². The highest BCUT2D eigenvalue weighted by molar-refractivity contribution is 5.83. The van der Waals surface area contributed by atoms with Crippen molar-refractivity contribution in [3.8, 4) is 0 Å². The lowest BCUT2D eigenvalue weighted by atomic mass is 9.85. The Bertz CT molecular complexity index is 857. The first kappa shape index (κ1) is 26.0. The molecule has 1 aromatic rings. The summed E-state index contributed by atoms with van der Waals surface area (Å²) in [4.78, 5) is 39.1. The van der Waals surface area contributed by atoms with Gasteiger partial charge in [0.15, 0.2) is 5.79 Å². The third-order valence-electron chi connectivity index (χ3n) is 6.14. The molecule has 2 aliphatic rings. The molecule has 2 fully saturated rings. The molecule has 2 N–H and O–H groups in total. The number of carbonyl (C=O) groups is 3.